The van der Waals surface area contributed by atoms with Crippen molar-refractivity contribution in [3.63, 3.8) is 0 Å². The van der Waals surface area contributed by atoms with E-state index in [1.165, 1.54) is 0 Å². The molecule has 0 aromatic heterocycles. The molecule has 2 rings (SSSR count). The van der Waals surface area contributed by atoms with E-state index < -0.39 is 0 Å². The fraction of sp³-hybridized carbons (Fsp3) is 0.364. The summed E-state index contributed by atoms with van der Waals surface area (Å²) >= 11 is 0. The number of unbranched alkanes of at least 4 members (excludes halogenated alkanes) is 2. The van der Waals surface area contributed by atoms with Gasteiger partial charge in [0, 0.05) is 6.54 Å². The van der Waals surface area contributed by atoms with Gasteiger partial charge in [-0.25, -0.2) is 0 Å². The van der Waals surface area contributed by atoms with Crippen LogP contribution in [-0.2, 0) is 0 Å². The van der Waals surface area contributed by atoms with Crippen molar-refractivity contribution in [3.8, 4) is 5.75 Å². The number of carbonyl (C=O) groups excluding carboxylic acids is 2. The van der Waals surface area contributed by atoms with E-state index >= 15 is 0 Å². The highest BCUT2D eigenvalue weighted by atomic mass is 16.5. The number of hydrogen-bond acceptors (Lipinski definition) is 3. The minimum atomic E-state index is -0.295. The Kier molecular flexibility index (Phi) is 8.36. The average Bonchev–Trinajstić information content (AvgIpc) is 2.70. The first kappa shape index (κ1) is 20.5. The summed E-state index contributed by atoms with van der Waals surface area (Å²) in [5.41, 5.74) is 1.38. The number of anilines is 1. The zero-order valence-corrected chi connectivity index (χ0v) is 16.1. The summed E-state index contributed by atoms with van der Waals surface area (Å²) in [4.78, 5) is 25.1. The van der Waals surface area contributed by atoms with Crippen molar-refractivity contribution < 1.29 is 14.3 Å². The molecule has 5 heteroatoms. The average molecular weight is 368 g/mol. The van der Waals surface area contributed by atoms with Crippen LogP contribution in [0.25, 0.3) is 0 Å². The molecule has 0 aliphatic rings. The highest BCUT2D eigenvalue weighted by molar-refractivity contribution is 6.10. The lowest BCUT2D eigenvalue weighted by molar-refractivity contribution is 0.0954. The van der Waals surface area contributed by atoms with Crippen LogP contribution in [-0.4, -0.2) is 25.0 Å². The van der Waals surface area contributed by atoms with Crippen molar-refractivity contribution in [1.29, 1.82) is 0 Å². The van der Waals surface area contributed by atoms with E-state index in [1.54, 1.807) is 42.5 Å². The van der Waals surface area contributed by atoms with Crippen molar-refractivity contribution in [2.75, 3.05) is 18.5 Å². The molecule has 0 fully saturated rings. The normalized spacial score (nSPS) is 10.3. The van der Waals surface area contributed by atoms with Crippen LogP contribution in [0.5, 0.6) is 5.75 Å². The number of amides is 2. The highest BCUT2D eigenvalue weighted by Gasteiger charge is 2.16. The lowest BCUT2D eigenvalue weighted by Crippen LogP contribution is -2.25. The molecule has 2 aromatic carbocycles. The molecule has 2 N–H and O–H groups in total. The lowest BCUT2D eigenvalue weighted by atomic mass is 10.1. The minimum absolute atomic E-state index is 0.197. The highest BCUT2D eigenvalue weighted by Crippen LogP contribution is 2.22. The number of rotatable bonds is 10. The molecule has 2 aromatic rings. The summed E-state index contributed by atoms with van der Waals surface area (Å²) in [7, 11) is 0. The van der Waals surface area contributed by atoms with Crippen molar-refractivity contribution in [2.24, 2.45) is 0 Å². The van der Waals surface area contributed by atoms with E-state index in [9.17, 15) is 9.59 Å². The van der Waals surface area contributed by atoms with Crippen LogP contribution in [0.15, 0.2) is 48.5 Å². The van der Waals surface area contributed by atoms with Gasteiger partial charge in [0.1, 0.15) is 5.75 Å². The van der Waals surface area contributed by atoms with Gasteiger partial charge in [-0.05, 0) is 37.1 Å². The largest absolute Gasteiger partial charge is 0.493 e. The third-order valence-electron chi connectivity index (χ3n) is 4.09. The van der Waals surface area contributed by atoms with Crippen molar-refractivity contribution in [3.05, 3.63) is 59.7 Å². The predicted octanol–water partition coefficient (Wildman–Crippen LogP) is 4.65. The minimum Gasteiger partial charge on any atom is -0.493 e. The van der Waals surface area contributed by atoms with Gasteiger partial charge in [0.15, 0.2) is 0 Å². The van der Waals surface area contributed by atoms with Crippen LogP contribution < -0.4 is 15.4 Å². The molecule has 0 aliphatic heterocycles. The van der Waals surface area contributed by atoms with Crippen LogP contribution >= 0.6 is 0 Å². The van der Waals surface area contributed by atoms with Crippen LogP contribution in [0.4, 0.5) is 5.69 Å². The number of benzene rings is 2. The lowest BCUT2D eigenvalue weighted by Gasteiger charge is -2.14. The number of para-hydroxylation sites is 2. The third-order valence-corrected chi connectivity index (χ3v) is 4.09. The van der Waals surface area contributed by atoms with Gasteiger partial charge in [-0.1, -0.05) is 51.0 Å². The zero-order valence-electron chi connectivity index (χ0n) is 16.1. The van der Waals surface area contributed by atoms with E-state index in [2.05, 4.69) is 17.6 Å². The second kappa shape index (κ2) is 11.0. The molecule has 0 saturated heterocycles. The Morgan fingerprint density at radius 3 is 2.30 bits per heavy atom. The van der Waals surface area contributed by atoms with E-state index in [0.717, 1.165) is 25.7 Å². The maximum Gasteiger partial charge on any atom is 0.259 e. The summed E-state index contributed by atoms with van der Waals surface area (Å²) in [6, 6.07) is 14.2. The van der Waals surface area contributed by atoms with Crippen molar-refractivity contribution in [2.45, 2.75) is 39.5 Å². The van der Waals surface area contributed by atoms with Gasteiger partial charge in [-0.2, -0.15) is 0 Å². The second-order valence-electron chi connectivity index (χ2n) is 6.31. The predicted molar refractivity (Wildman–Crippen MR) is 108 cm³/mol. The van der Waals surface area contributed by atoms with Gasteiger partial charge in [0.25, 0.3) is 11.8 Å². The number of carbonyl (C=O) groups is 2. The van der Waals surface area contributed by atoms with Gasteiger partial charge >= 0.3 is 0 Å². The Labute approximate surface area is 161 Å². The molecular formula is C22H28N2O3. The summed E-state index contributed by atoms with van der Waals surface area (Å²) in [5.74, 6) is 0.0627. The summed E-state index contributed by atoms with van der Waals surface area (Å²) in [6.45, 7) is 5.30. The van der Waals surface area contributed by atoms with Crippen molar-refractivity contribution >= 4 is 17.5 Å². The van der Waals surface area contributed by atoms with Gasteiger partial charge < -0.3 is 15.4 Å². The molecule has 0 bridgehead atoms. The molecule has 2 amide bonds. The Balaban J connectivity index is 2.13. The first-order valence-electron chi connectivity index (χ1n) is 9.57. The standard InChI is InChI=1S/C22H28N2O3/c1-3-5-10-16-27-20-14-9-7-12-18(20)22(26)24-19-13-8-6-11-17(19)21(25)23-15-4-2/h6-9,11-14H,3-5,10,15-16H2,1-2H3,(H,23,25)(H,24,26). The van der Waals surface area contributed by atoms with Gasteiger partial charge in [-0.15, -0.1) is 0 Å². The first-order valence-corrected chi connectivity index (χ1v) is 9.57. The molecule has 5 nitrogen and oxygen atoms in total. The fourth-order valence-electron chi connectivity index (χ4n) is 2.63. The zero-order chi connectivity index (χ0) is 19.5. The molecule has 0 heterocycles. The summed E-state index contributed by atoms with van der Waals surface area (Å²) in [6.07, 6.45) is 4.01. The fourth-order valence-corrected chi connectivity index (χ4v) is 2.63. The van der Waals surface area contributed by atoms with Crippen LogP contribution in [0.1, 0.15) is 60.2 Å². The van der Waals surface area contributed by atoms with Crippen LogP contribution in [0, 0.1) is 0 Å². The maximum absolute atomic E-state index is 12.8. The van der Waals surface area contributed by atoms with E-state index in [-0.39, 0.29) is 11.8 Å². The topological polar surface area (TPSA) is 67.4 Å². The Bertz CT molecular complexity index is 759. The smallest absolute Gasteiger partial charge is 0.259 e. The second-order valence-corrected chi connectivity index (χ2v) is 6.31. The summed E-state index contributed by atoms with van der Waals surface area (Å²) < 4.78 is 5.79. The Morgan fingerprint density at radius 1 is 0.852 bits per heavy atom. The molecule has 27 heavy (non-hydrogen) atoms. The van der Waals surface area contributed by atoms with Gasteiger partial charge in [0.2, 0.25) is 0 Å². The molecule has 0 saturated carbocycles. The quantitative estimate of drug-likeness (QED) is 0.600. The number of nitrogens with one attached hydrogen (secondary N) is 2. The summed E-state index contributed by atoms with van der Waals surface area (Å²) in [5, 5.41) is 5.68. The Hall–Kier alpha value is -2.82. The molecule has 144 valence electrons. The number of hydrogen-bond donors (Lipinski definition) is 2. The van der Waals surface area contributed by atoms with Gasteiger partial charge in [0.05, 0.1) is 23.4 Å². The Morgan fingerprint density at radius 2 is 1.56 bits per heavy atom. The SMILES string of the molecule is CCCCCOc1ccccc1C(=O)Nc1ccccc1C(=O)NCCC. The number of ether oxygens (including phenoxy) is 1. The van der Waals surface area contributed by atoms with E-state index in [0.29, 0.717) is 35.7 Å². The first-order chi connectivity index (χ1) is 13.2. The third kappa shape index (κ3) is 6.13. The molecule has 0 unspecified atom stereocenters. The maximum atomic E-state index is 12.8. The molecule has 0 atom stereocenters. The van der Waals surface area contributed by atoms with E-state index in [1.807, 2.05) is 13.0 Å². The van der Waals surface area contributed by atoms with Crippen LogP contribution in [0.3, 0.4) is 0 Å². The molecular weight excluding hydrogens is 340 g/mol. The molecule has 0 radical (unpaired) electrons. The molecule has 0 aliphatic carbocycles. The van der Waals surface area contributed by atoms with Gasteiger partial charge in [-0.3, -0.25) is 9.59 Å². The van der Waals surface area contributed by atoms with Crippen LogP contribution in [0.2, 0.25) is 0 Å². The monoisotopic (exact) mass is 368 g/mol. The van der Waals surface area contributed by atoms with Crippen molar-refractivity contribution in [1.82, 2.24) is 5.32 Å². The molecule has 0 spiro atoms. The van der Waals surface area contributed by atoms with E-state index in [4.69, 9.17) is 4.74 Å².